The molecule has 4 bridgehead atoms. The molecule has 1 aliphatic carbocycles. The topological polar surface area (TPSA) is 166 Å². The number of allylic oxidation sites excluding steroid dienone is 2. The molecule has 3 aromatic rings. The number of benzene rings is 2. The van der Waals surface area contributed by atoms with Crippen LogP contribution < -0.4 is 14.8 Å². The van der Waals surface area contributed by atoms with E-state index >= 15 is 0 Å². The number of fused-ring (bicyclic) bond motifs is 10. The van der Waals surface area contributed by atoms with E-state index in [1.165, 1.54) is 18.9 Å². The number of para-hydroxylation sites is 1. The minimum atomic E-state index is -1.27. The van der Waals surface area contributed by atoms with E-state index in [1.54, 1.807) is 13.8 Å². The second kappa shape index (κ2) is 11.3. The number of phenols is 1. The highest BCUT2D eigenvalue weighted by Gasteiger charge is 2.63. The van der Waals surface area contributed by atoms with Crippen molar-refractivity contribution in [1.82, 2.24) is 20.1 Å². The minimum Gasteiger partial charge on any atom is -0.507 e. The summed E-state index contributed by atoms with van der Waals surface area (Å²) in [6, 6.07) is 7.24. The first-order valence-electron chi connectivity index (χ1n) is 17.9. The van der Waals surface area contributed by atoms with Crippen molar-refractivity contribution >= 4 is 40.2 Å². The molecule has 1 spiro atoms. The Kier molecular flexibility index (Phi) is 7.03. The molecule has 272 valence electrons. The van der Waals surface area contributed by atoms with Gasteiger partial charge in [-0.15, -0.1) is 11.8 Å². The third-order valence-electron chi connectivity index (χ3n) is 12.7. The van der Waals surface area contributed by atoms with Crippen LogP contribution in [0.25, 0.3) is 10.9 Å². The number of H-pyrrole nitrogens is 1. The first-order chi connectivity index (χ1) is 25.6. The second-order valence-electron chi connectivity index (χ2n) is 14.9. The SMILES string of the molecule is COC1=C(C)C(=O)C2=C(C1=O)C1[C@@H]3[C@@H]4SC[C@]5(NCCc6c5[nH]c5ccccc65)C(=O)OC[C@@H](c5c6c(c(C)c(O)c54)OCO6)N3[C@@H](C#N)C(C2)N1C. The zero-order valence-electron chi connectivity index (χ0n) is 29.6. The van der Waals surface area contributed by atoms with Crippen LogP contribution >= 0.6 is 11.8 Å². The molecule has 53 heavy (non-hydrogen) atoms. The number of esters is 1. The molecule has 2 saturated heterocycles. The maximum atomic E-state index is 14.7. The van der Waals surface area contributed by atoms with Gasteiger partial charge in [0.05, 0.1) is 36.2 Å². The molecule has 8 heterocycles. The molecule has 3 N–H and O–H groups in total. The maximum Gasteiger partial charge on any atom is 0.333 e. The Morgan fingerprint density at radius 1 is 1.09 bits per heavy atom. The number of methoxy groups -OCH3 is 1. The largest absolute Gasteiger partial charge is 0.507 e. The van der Waals surface area contributed by atoms with Crippen molar-refractivity contribution in [2.24, 2.45) is 0 Å². The molecule has 7 atom stereocenters. The highest BCUT2D eigenvalue weighted by atomic mass is 32.2. The van der Waals surface area contributed by atoms with E-state index in [2.05, 4.69) is 32.2 Å². The predicted octanol–water partition coefficient (Wildman–Crippen LogP) is 3.36. The molecule has 2 unspecified atom stereocenters. The van der Waals surface area contributed by atoms with E-state index in [0.29, 0.717) is 52.3 Å². The smallest absolute Gasteiger partial charge is 0.333 e. The first kappa shape index (κ1) is 32.8. The molecule has 13 nitrogen and oxygen atoms in total. The quantitative estimate of drug-likeness (QED) is 0.246. The Balaban J connectivity index is 1.22. The van der Waals surface area contributed by atoms with E-state index < -0.39 is 47.0 Å². The van der Waals surface area contributed by atoms with Crippen LogP contribution in [0.1, 0.15) is 52.6 Å². The number of ketones is 2. The third kappa shape index (κ3) is 4.05. The van der Waals surface area contributed by atoms with Gasteiger partial charge in [0.2, 0.25) is 12.6 Å². The average Bonchev–Trinajstić information content (AvgIpc) is 3.80. The van der Waals surface area contributed by atoms with E-state index in [1.807, 2.05) is 25.2 Å². The minimum absolute atomic E-state index is 0.0142. The van der Waals surface area contributed by atoms with E-state index in [0.717, 1.165) is 22.2 Å². The number of carbonyl (C=O) groups is 3. The monoisotopic (exact) mass is 735 g/mol. The number of aromatic hydroxyl groups is 1. The summed E-state index contributed by atoms with van der Waals surface area (Å²) < 4.78 is 24.0. The summed E-state index contributed by atoms with van der Waals surface area (Å²) in [6.45, 7) is 3.71. The molecular weight excluding hydrogens is 699 g/mol. The van der Waals surface area contributed by atoms with Gasteiger partial charge in [0.1, 0.15) is 18.4 Å². The summed E-state index contributed by atoms with van der Waals surface area (Å²) in [5.74, 6) is 0.0448. The predicted molar refractivity (Wildman–Crippen MR) is 191 cm³/mol. The molecule has 0 amide bonds. The molecular formula is C39H37N5O8S. The van der Waals surface area contributed by atoms with Crippen molar-refractivity contribution in [3.63, 3.8) is 0 Å². The van der Waals surface area contributed by atoms with Gasteiger partial charge < -0.3 is 29.0 Å². The summed E-state index contributed by atoms with van der Waals surface area (Å²) in [7, 11) is 3.30. The van der Waals surface area contributed by atoms with Crippen molar-refractivity contribution in [2.75, 3.05) is 39.9 Å². The number of hydrogen-bond acceptors (Lipinski definition) is 13. The average molecular weight is 736 g/mol. The van der Waals surface area contributed by atoms with Gasteiger partial charge in [-0.2, -0.15) is 5.26 Å². The fourth-order valence-electron chi connectivity index (χ4n) is 10.3. The molecule has 0 saturated carbocycles. The normalized spacial score (nSPS) is 31.9. The number of hydrogen-bond donors (Lipinski definition) is 3. The fourth-order valence-corrected chi connectivity index (χ4v) is 12.0. The summed E-state index contributed by atoms with van der Waals surface area (Å²) in [5.41, 5.74) is 4.18. The molecule has 0 radical (unpaired) electrons. The van der Waals surface area contributed by atoms with E-state index in [4.69, 9.17) is 18.9 Å². The Bertz CT molecular complexity index is 2320. The number of aromatic nitrogens is 1. The fraction of sp³-hybridized carbons (Fsp3) is 0.436. The van der Waals surface area contributed by atoms with Gasteiger partial charge in [-0.3, -0.25) is 24.7 Å². The molecule has 14 heteroatoms. The third-order valence-corrected chi connectivity index (χ3v) is 14.2. The highest BCUT2D eigenvalue weighted by Crippen LogP contribution is 2.62. The van der Waals surface area contributed by atoms with Crippen LogP contribution in [0.2, 0.25) is 0 Å². The number of ether oxygens (including phenoxy) is 4. The van der Waals surface area contributed by atoms with Crippen LogP contribution in [0.3, 0.4) is 0 Å². The van der Waals surface area contributed by atoms with Crippen molar-refractivity contribution in [2.45, 2.75) is 67.7 Å². The lowest BCUT2D eigenvalue weighted by molar-refractivity contribution is -0.157. The Hall–Kier alpha value is -4.81. The van der Waals surface area contributed by atoms with Crippen LogP contribution in [0.5, 0.6) is 17.2 Å². The first-order valence-corrected chi connectivity index (χ1v) is 18.9. The summed E-state index contributed by atoms with van der Waals surface area (Å²) in [5, 5.41) is 27.2. The van der Waals surface area contributed by atoms with E-state index in [9.17, 15) is 24.8 Å². The zero-order valence-corrected chi connectivity index (χ0v) is 30.4. The highest BCUT2D eigenvalue weighted by molar-refractivity contribution is 7.99. The summed E-state index contributed by atoms with van der Waals surface area (Å²) >= 11 is 1.47. The lowest BCUT2D eigenvalue weighted by Crippen LogP contribution is -2.73. The van der Waals surface area contributed by atoms with Crippen molar-refractivity contribution < 1.29 is 38.4 Å². The summed E-state index contributed by atoms with van der Waals surface area (Å²) in [6.07, 6.45) is 0.903. The van der Waals surface area contributed by atoms with Crippen LogP contribution in [0.15, 0.2) is 46.7 Å². The Morgan fingerprint density at radius 3 is 2.68 bits per heavy atom. The number of nitriles is 1. The number of aromatic amines is 1. The lowest BCUT2D eigenvalue weighted by Gasteiger charge is -2.62. The van der Waals surface area contributed by atoms with Gasteiger partial charge >= 0.3 is 5.97 Å². The van der Waals surface area contributed by atoms with Gasteiger partial charge in [0.15, 0.2) is 28.6 Å². The van der Waals surface area contributed by atoms with Crippen molar-refractivity contribution in [3.8, 4) is 23.3 Å². The van der Waals surface area contributed by atoms with Crippen LogP contribution in [0, 0.1) is 18.3 Å². The Labute approximate surface area is 308 Å². The second-order valence-corrected chi connectivity index (χ2v) is 16.0. The van der Waals surface area contributed by atoms with Gasteiger partial charge in [-0.05, 0) is 45.4 Å². The molecule has 11 rings (SSSR count). The van der Waals surface area contributed by atoms with Crippen molar-refractivity contribution in [1.29, 1.82) is 5.26 Å². The zero-order chi connectivity index (χ0) is 36.7. The standard InChI is InChI=1S/C39H37N5O8S/c1-16-30(45)20-11-22-23(12-40)44-24-13-50-38(48)39(37-19(9-10-41-39)18-7-5-6-8-21(18)42-37)14-53-36(27-26(24)35-34(51-15-52-35)17(2)31(27)46)29(44)28(43(22)3)25(20)32(47)33(16)49-4/h5-8,22-24,28-29,36,41-42,46H,9-11,13-15H2,1-4H3/t22?,23-,24-,28?,29+,36+,39+/m0/s1. The number of nitrogens with zero attached hydrogens (tertiary/aromatic N) is 3. The number of rotatable bonds is 1. The molecule has 7 aliphatic heterocycles. The number of likely N-dealkylation sites (N-methyl/N-ethyl adjacent to an activating group) is 1. The molecule has 8 aliphatic rings. The number of thioether (sulfide) groups is 1. The van der Waals surface area contributed by atoms with E-state index in [-0.39, 0.29) is 54.2 Å². The van der Waals surface area contributed by atoms with Gasteiger partial charge in [0, 0.05) is 68.7 Å². The lowest BCUT2D eigenvalue weighted by atomic mass is 9.68. The summed E-state index contributed by atoms with van der Waals surface area (Å²) in [4.78, 5) is 50.8. The number of Topliss-reactive ketones (excluding diaryl/α,β-unsaturated/α-hetero) is 2. The van der Waals surface area contributed by atoms with Crippen LogP contribution in [-0.2, 0) is 35.8 Å². The number of carbonyl (C=O) groups excluding carboxylic acids is 3. The number of piperazine rings is 1. The van der Waals surface area contributed by atoms with Gasteiger partial charge in [0.25, 0.3) is 0 Å². The molecule has 2 aromatic carbocycles. The Morgan fingerprint density at radius 2 is 1.89 bits per heavy atom. The van der Waals surface area contributed by atoms with Crippen LogP contribution in [0.4, 0.5) is 0 Å². The van der Waals surface area contributed by atoms with Gasteiger partial charge in [-0.25, -0.2) is 4.79 Å². The van der Waals surface area contributed by atoms with Crippen molar-refractivity contribution in [3.05, 3.63) is 74.7 Å². The maximum absolute atomic E-state index is 14.7. The number of nitrogens with one attached hydrogen (secondary N) is 2. The molecule has 1 aromatic heterocycles. The van der Waals surface area contributed by atoms with Gasteiger partial charge in [-0.1, -0.05) is 18.2 Å². The van der Waals surface area contributed by atoms with Crippen LogP contribution in [-0.4, -0.2) is 101 Å². The number of phenolic OH excluding ortho intramolecular Hbond substituents is 1. The molecule has 2 fully saturated rings.